The maximum atomic E-state index is 8.79. The Hall–Kier alpha value is -3.21. The van der Waals surface area contributed by atoms with E-state index in [4.69, 9.17) is 14.8 Å². The Balaban J connectivity index is 1.66. The largest absolute Gasteiger partial charge is 0.494 e. The van der Waals surface area contributed by atoms with Crippen molar-refractivity contribution in [2.75, 3.05) is 0 Å². The first-order valence-electron chi connectivity index (χ1n) is 14.7. The summed E-state index contributed by atoms with van der Waals surface area (Å²) in [5, 5.41) is 0. The molecule has 0 unspecified atom stereocenters. The van der Waals surface area contributed by atoms with Crippen LogP contribution in [0.15, 0.2) is 91.0 Å². The smallest absolute Gasteiger partial charge is 0.399 e. The second-order valence-electron chi connectivity index (χ2n) is 11.7. The lowest BCUT2D eigenvalue weighted by Crippen LogP contribution is -2.41. The summed E-state index contributed by atoms with van der Waals surface area (Å²) in [7, 11) is -0.563. The molecule has 3 aromatic carbocycles. The average Bonchev–Trinajstić information content (AvgIpc) is 3.14. The minimum absolute atomic E-state index is 0.0130. The van der Waals surface area contributed by atoms with Crippen molar-refractivity contribution >= 4 is 12.6 Å². The molecule has 0 amide bonds. The van der Waals surface area contributed by atoms with Gasteiger partial charge in [0.2, 0.25) is 0 Å². The number of pyridine rings is 1. The predicted octanol–water partition coefficient (Wildman–Crippen LogP) is 7.68. The standard InChI is InChI=1S/C33H36BNO2/c1-31(2,3)28-15-13-24(14-16-28)25-17-18-35-30(22-25)27-19-26(23-11-9-8-10-12-23)20-29(21-27)34-36-32(4,5)33(6,7)37-34/h8-22H,1-7H3/i13D,14D,15D,16D. The van der Waals surface area contributed by atoms with Gasteiger partial charge in [0.25, 0.3) is 0 Å². The molecule has 0 N–H and O–H groups in total. The van der Waals surface area contributed by atoms with Crippen LogP contribution in [-0.4, -0.2) is 23.3 Å². The third-order valence-electron chi connectivity index (χ3n) is 7.31. The highest BCUT2D eigenvalue weighted by Gasteiger charge is 2.51. The molecule has 1 saturated heterocycles. The molecule has 0 saturated carbocycles. The van der Waals surface area contributed by atoms with Crippen molar-refractivity contribution in [3.8, 4) is 33.5 Å². The van der Waals surface area contributed by atoms with Crippen LogP contribution in [0, 0.1) is 0 Å². The Morgan fingerprint density at radius 1 is 0.703 bits per heavy atom. The zero-order chi connectivity index (χ0) is 29.9. The number of hydrogen-bond acceptors (Lipinski definition) is 3. The monoisotopic (exact) mass is 493 g/mol. The van der Waals surface area contributed by atoms with Crippen LogP contribution in [0.1, 0.15) is 59.5 Å². The Bertz CT molecular complexity index is 1590. The van der Waals surface area contributed by atoms with Crippen LogP contribution in [0.5, 0.6) is 0 Å². The highest BCUT2D eigenvalue weighted by Crippen LogP contribution is 2.37. The van der Waals surface area contributed by atoms with Gasteiger partial charge in [-0.25, -0.2) is 0 Å². The van der Waals surface area contributed by atoms with Crippen LogP contribution in [0.25, 0.3) is 33.5 Å². The Morgan fingerprint density at radius 3 is 1.95 bits per heavy atom. The van der Waals surface area contributed by atoms with Gasteiger partial charge in [0.05, 0.1) is 22.4 Å². The predicted molar refractivity (Wildman–Crippen MR) is 155 cm³/mol. The van der Waals surface area contributed by atoms with Gasteiger partial charge in [0.1, 0.15) is 0 Å². The van der Waals surface area contributed by atoms with Gasteiger partial charge in [0, 0.05) is 11.8 Å². The summed E-state index contributed by atoms with van der Waals surface area (Å²) in [6.45, 7) is 13.8. The van der Waals surface area contributed by atoms with Crippen molar-refractivity contribution in [2.24, 2.45) is 0 Å². The van der Waals surface area contributed by atoms with Crippen LogP contribution >= 0.6 is 0 Å². The van der Waals surface area contributed by atoms with Gasteiger partial charge in [-0.15, -0.1) is 0 Å². The molecule has 0 spiro atoms. The maximum absolute atomic E-state index is 8.79. The van der Waals surface area contributed by atoms with Gasteiger partial charge in [-0.3, -0.25) is 4.98 Å². The molecule has 4 heteroatoms. The van der Waals surface area contributed by atoms with Crippen LogP contribution < -0.4 is 5.46 Å². The Morgan fingerprint density at radius 2 is 1.32 bits per heavy atom. The third kappa shape index (κ3) is 5.14. The molecule has 37 heavy (non-hydrogen) atoms. The zero-order valence-corrected chi connectivity index (χ0v) is 22.7. The van der Waals surface area contributed by atoms with E-state index in [9.17, 15) is 0 Å². The van der Waals surface area contributed by atoms with Gasteiger partial charge in [-0.05, 0) is 84.6 Å². The fourth-order valence-corrected chi connectivity index (χ4v) is 4.29. The number of hydrogen-bond donors (Lipinski definition) is 0. The minimum Gasteiger partial charge on any atom is -0.399 e. The van der Waals surface area contributed by atoms with Crippen molar-refractivity contribution in [1.29, 1.82) is 0 Å². The zero-order valence-electron chi connectivity index (χ0n) is 26.7. The molecule has 2 heterocycles. The van der Waals surface area contributed by atoms with E-state index in [1.807, 2.05) is 78.8 Å². The molecular weight excluding hydrogens is 453 g/mol. The van der Waals surface area contributed by atoms with Crippen molar-refractivity contribution in [1.82, 2.24) is 4.98 Å². The molecule has 1 aromatic heterocycles. The first kappa shape index (κ1) is 20.8. The summed E-state index contributed by atoms with van der Waals surface area (Å²) >= 11 is 0. The molecule has 5 rings (SSSR count). The van der Waals surface area contributed by atoms with Crippen LogP contribution in [0.4, 0.5) is 0 Å². The Kier molecular flexibility index (Phi) is 5.21. The molecular formula is C33H36BNO2. The summed E-state index contributed by atoms with van der Waals surface area (Å²) in [6.07, 6.45) is 1.65. The highest BCUT2D eigenvalue weighted by atomic mass is 16.7. The summed E-state index contributed by atoms with van der Waals surface area (Å²) in [5.74, 6) is 0. The molecule has 1 aliphatic heterocycles. The first-order valence-corrected chi connectivity index (χ1v) is 12.7. The van der Waals surface area contributed by atoms with E-state index in [1.165, 1.54) is 0 Å². The summed E-state index contributed by atoms with van der Waals surface area (Å²) in [5.41, 5.74) is 4.12. The van der Waals surface area contributed by atoms with Gasteiger partial charge in [0.15, 0.2) is 0 Å². The molecule has 0 radical (unpaired) electrons. The SMILES string of the molecule is [2H]c1c([2H])c(C(C)(C)C)c([2H])c([2H])c1-c1ccnc(-c2cc(B3OC(C)(C)C(C)(C)O3)cc(-c3ccccc3)c2)c1. The highest BCUT2D eigenvalue weighted by molar-refractivity contribution is 6.62. The average molecular weight is 493 g/mol. The molecule has 0 atom stereocenters. The third-order valence-corrected chi connectivity index (χ3v) is 7.31. The number of rotatable bonds is 4. The van der Waals surface area contributed by atoms with E-state index in [2.05, 4.69) is 29.2 Å². The van der Waals surface area contributed by atoms with E-state index in [1.54, 1.807) is 12.3 Å². The summed E-state index contributed by atoms with van der Waals surface area (Å²) in [4.78, 5) is 4.66. The van der Waals surface area contributed by atoms with Gasteiger partial charge < -0.3 is 9.31 Å². The topological polar surface area (TPSA) is 31.4 Å². The van der Waals surface area contributed by atoms with Gasteiger partial charge >= 0.3 is 7.12 Å². The van der Waals surface area contributed by atoms with Gasteiger partial charge in [-0.2, -0.15) is 0 Å². The van der Waals surface area contributed by atoms with Gasteiger partial charge in [-0.1, -0.05) is 87.4 Å². The lowest BCUT2D eigenvalue weighted by atomic mass is 9.76. The summed E-state index contributed by atoms with van der Waals surface area (Å²) < 4.78 is 47.7. The van der Waals surface area contributed by atoms with E-state index in [0.717, 1.165) is 22.2 Å². The lowest BCUT2D eigenvalue weighted by Gasteiger charge is -2.32. The maximum Gasteiger partial charge on any atom is 0.494 e. The van der Waals surface area contributed by atoms with Crippen LogP contribution in [0.3, 0.4) is 0 Å². The van der Waals surface area contributed by atoms with Crippen LogP contribution in [-0.2, 0) is 14.7 Å². The summed E-state index contributed by atoms with van der Waals surface area (Å²) in [6, 6.07) is 19.7. The second kappa shape index (κ2) is 9.27. The number of nitrogens with zero attached hydrogens (tertiary/aromatic N) is 1. The van der Waals surface area contributed by atoms with E-state index in [-0.39, 0.29) is 29.7 Å². The number of aromatic nitrogens is 1. The first-order chi connectivity index (χ1) is 19.1. The van der Waals surface area contributed by atoms with Crippen molar-refractivity contribution < 1.29 is 14.8 Å². The molecule has 1 aliphatic rings. The van der Waals surface area contributed by atoms with Crippen molar-refractivity contribution in [2.45, 2.75) is 65.1 Å². The molecule has 0 aliphatic carbocycles. The quantitative estimate of drug-likeness (QED) is 0.273. The lowest BCUT2D eigenvalue weighted by molar-refractivity contribution is 0.00578. The van der Waals surface area contributed by atoms with Crippen molar-refractivity contribution in [3.05, 3.63) is 96.6 Å². The molecule has 0 bridgehead atoms. The van der Waals surface area contributed by atoms with Crippen molar-refractivity contribution in [3.63, 3.8) is 0 Å². The molecule has 4 aromatic rings. The fraction of sp³-hybridized carbons (Fsp3) is 0.303. The molecule has 188 valence electrons. The van der Waals surface area contributed by atoms with Crippen LogP contribution in [0.2, 0.25) is 0 Å². The Labute approximate surface area is 227 Å². The fourth-order valence-electron chi connectivity index (χ4n) is 4.29. The van der Waals surface area contributed by atoms with E-state index < -0.39 is 23.7 Å². The minimum atomic E-state index is -0.563. The normalized spacial score (nSPS) is 18.2. The second-order valence-corrected chi connectivity index (χ2v) is 11.7. The molecule has 3 nitrogen and oxygen atoms in total. The van der Waals surface area contributed by atoms with E-state index >= 15 is 0 Å². The van der Waals surface area contributed by atoms with E-state index in [0.29, 0.717) is 16.8 Å². The molecule has 1 fully saturated rings. The number of benzene rings is 3.